The van der Waals surface area contributed by atoms with Gasteiger partial charge >= 0.3 is 5.63 Å². The van der Waals surface area contributed by atoms with Crippen molar-refractivity contribution in [3.05, 3.63) is 117 Å². The number of nitrogens with one attached hydrogen (secondary N) is 1. The molecule has 170 valence electrons. The molecule has 0 spiro atoms. The Morgan fingerprint density at radius 2 is 1.80 bits per heavy atom. The maximum Gasteiger partial charge on any atom is 0.336 e. The van der Waals surface area contributed by atoms with Gasteiger partial charge in [0.05, 0.1) is 16.6 Å². The summed E-state index contributed by atoms with van der Waals surface area (Å²) in [6, 6.07) is 23.2. The minimum absolute atomic E-state index is 0.0696. The zero-order valence-electron chi connectivity index (χ0n) is 18.2. The molecule has 0 bridgehead atoms. The number of fused-ring (bicyclic) bond motifs is 2. The minimum atomic E-state index is -0.433. The van der Waals surface area contributed by atoms with E-state index in [2.05, 4.69) is 15.3 Å². The van der Waals surface area contributed by atoms with Crippen molar-refractivity contribution >= 4 is 27.6 Å². The topological polar surface area (TPSA) is 120 Å². The van der Waals surface area contributed by atoms with Crippen LogP contribution in [0, 0.1) is 10.1 Å². The molecule has 0 aliphatic carbocycles. The van der Waals surface area contributed by atoms with E-state index in [4.69, 9.17) is 4.42 Å². The maximum atomic E-state index is 11.8. The van der Waals surface area contributed by atoms with Gasteiger partial charge in [-0.1, -0.05) is 47.7 Å². The summed E-state index contributed by atoms with van der Waals surface area (Å²) in [7, 11) is 0. The van der Waals surface area contributed by atoms with Crippen molar-refractivity contribution in [3.63, 3.8) is 0 Å². The van der Waals surface area contributed by atoms with E-state index < -0.39 is 10.5 Å². The number of nitro benzene ring substituents is 1. The van der Waals surface area contributed by atoms with Gasteiger partial charge in [0.2, 0.25) is 0 Å². The largest absolute Gasteiger partial charge is 0.420 e. The highest BCUT2D eigenvalue weighted by Crippen LogP contribution is 2.29. The second kappa shape index (κ2) is 8.07. The molecule has 0 radical (unpaired) electrons. The van der Waals surface area contributed by atoms with Crippen molar-refractivity contribution in [1.29, 1.82) is 0 Å². The molecule has 9 nitrogen and oxygen atoms in total. The number of aromatic nitrogens is 4. The standard InChI is InChI=1S/C26H17N5O4/c32-24-11-10-17-5-3-9-23(26(17)35-24)30-15-22(28-29-30)21-8-2-6-18-14-19(27-25(18)21)12-16-4-1-7-20(13-16)31(33)34/h1-11,13-15,27H,12H2. The van der Waals surface area contributed by atoms with Gasteiger partial charge in [-0.05, 0) is 23.8 Å². The van der Waals surface area contributed by atoms with Crippen LogP contribution in [-0.2, 0) is 6.42 Å². The molecule has 0 aliphatic heterocycles. The van der Waals surface area contributed by atoms with Crippen molar-refractivity contribution in [2.45, 2.75) is 6.42 Å². The van der Waals surface area contributed by atoms with Crippen molar-refractivity contribution in [1.82, 2.24) is 20.0 Å². The fourth-order valence-corrected chi connectivity index (χ4v) is 4.29. The molecule has 0 saturated carbocycles. The van der Waals surface area contributed by atoms with Gasteiger partial charge in [0.15, 0.2) is 5.58 Å². The molecule has 35 heavy (non-hydrogen) atoms. The van der Waals surface area contributed by atoms with Crippen LogP contribution in [0.1, 0.15) is 11.3 Å². The van der Waals surface area contributed by atoms with E-state index >= 15 is 0 Å². The Balaban J connectivity index is 1.38. The quantitative estimate of drug-likeness (QED) is 0.218. The van der Waals surface area contributed by atoms with Gasteiger partial charge in [-0.25, -0.2) is 9.48 Å². The molecule has 0 fully saturated rings. The molecule has 3 heterocycles. The van der Waals surface area contributed by atoms with Crippen LogP contribution >= 0.6 is 0 Å². The van der Waals surface area contributed by atoms with Crippen LogP contribution < -0.4 is 5.63 Å². The van der Waals surface area contributed by atoms with Gasteiger partial charge in [-0.3, -0.25) is 10.1 Å². The molecule has 6 aromatic rings. The Hall–Kier alpha value is -5.05. The van der Waals surface area contributed by atoms with Crippen LogP contribution in [0.2, 0.25) is 0 Å². The predicted molar refractivity (Wildman–Crippen MR) is 131 cm³/mol. The Morgan fingerprint density at radius 1 is 0.971 bits per heavy atom. The lowest BCUT2D eigenvalue weighted by atomic mass is 10.1. The van der Waals surface area contributed by atoms with Crippen LogP contribution in [0.3, 0.4) is 0 Å². The van der Waals surface area contributed by atoms with Crippen molar-refractivity contribution in [2.24, 2.45) is 0 Å². The molecule has 3 aromatic heterocycles. The van der Waals surface area contributed by atoms with Crippen LogP contribution in [0.25, 0.3) is 38.8 Å². The first-order chi connectivity index (χ1) is 17.0. The average Bonchev–Trinajstić information content (AvgIpc) is 3.50. The fraction of sp³-hybridized carbons (Fsp3) is 0.0385. The zero-order valence-corrected chi connectivity index (χ0v) is 18.2. The Morgan fingerprint density at radius 3 is 2.69 bits per heavy atom. The maximum absolute atomic E-state index is 11.8. The SMILES string of the molecule is O=c1ccc2cccc(-n3cc(-c4cccc5cc(Cc6cccc([N+](=O)[O-])c6)[nH]c45)nn3)c2o1. The van der Waals surface area contributed by atoms with E-state index in [1.807, 2.05) is 48.5 Å². The lowest BCUT2D eigenvalue weighted by molar-refractivity contribution is -0.384. The predicted octanol–water partition coefficient (Wildman–Crippen LogP) is 5.02. The number of benzene rings is 3. The number of hydrogen-bond donors (Lipinski definition) is 1. The van der Waals surface area contributed by atoms with E-state index in [1.54, 1.807) is 29.1 Å². The van der Waals surface area contributed by atoms with Crippen LogP contribution in [0.5, 0.6) is 0 Å². The Bertz CT molecular complexity index is 1800. The van der Waals surface area contributed by atoms with Crippen LogP contribution in [0.15, 0.2) is 94.3 Å². The van der Waals surface area contributed by atoms with Crippen molar-refractivity contribution in [2.75, 3.05) is 0 Å². The molecule has 0 aliphatic rings. The molecular weight excluding hydrogens is 446 g/mol. The molecule has 1 N–H and O–H groups in total. The number of para-hydroxylation sites is 2. The third-order valence-corrected chi connectivity index (χ3v) is 5.87. The highest BCUT2D eigenvalue weighted by Gasteiger charge is 2.14. The lowest BCUT2D eigenvalue weighted by Crippen LogP contribution is -2.00. The first-order valence-corrected chi connectivity index (χ1v) is 10.8. The second-order valence-electron chi connectivity index (χ2n) is 8.17. The Kier molecular flexibility index (Phi) is 4.74. The van der Waals surface area contributed by atoms with E-state index in [0.717, 1.165) is 33.1 Å². The zero-order chi connectivity index (χ0) is 23.9. The lowest BCUT2D eigenvalue weighted by Gasteiger charge is -2.03. The number of rotatable bonds is 5. The van der Waals surface area contributed by atoms with Gasteiger partial charge in [0, 0.05) is 46.6 Å². The van der Waals surface area contributed by atoms with E-state index in [-0.39, 0.29) is 5.69 Å². The number of hydrogen-bond acceptors (Lipinski definition) is 6. The van der Waals surface area contributed by atoms with Gasteiger partial charge < -0.3 is 9.40 Å². The molecule has 9 heteroatoms. The monoisotopic (exact) mass is 463 g/mol. The summed E-state index contributed by atoms with van der Waals surface area (Å²) in [6.45, 7) is 0. The number of H-pyrrole nitrogens is 1. The van der Waals surface area contributed by atoms with E-state index in [9.17, 15) is 14.9 Å². The fourth-order valence-electron chi connectivity index (χ4n) is 4.29. The summed E-state index contributed by atoms with van der Waals surface area (Å²) < 4.78 is 7.01. The number of nitrogens with zero attached hydrogens (tertiary/aromatic N) is 4. The molecular formula is C26H17N5O4. The van der Waals surface area contributed by atoms with E-state index in [1.165, 1.54) is 12.1 Å². The summed E-state index contributed by atoms with van der Waals surface area (Å²) in [5.74, 6) is 0. The summed E-state index contributed by atoms with van der Waals surface area (Å²) in [4.78, 5) is 25.9. The van der Waals surface area contributed by atoms with Crippen molar-refractivity contribution in [3.8, 4) is 16.9 Å². The second-order valence-corrected chi connectivity index (χ2v) is 8.17. The first kappa shape index (κ1) is 20.5. The third-order valence-electron chi connectivity index (χ3n) is 5.87. The number of aromatic amines is 1. The molecule has 3 aromatic carbocycles. The molecule has 6 rings (SSSR count). The first-order valence-electron chi connectivity index (χ1n) is 10.8. The van der Waals surface area contributed by atoms with Gasteiger partial charge in [0.25, 0.3) is 5.69 Å². The molecule has 0 amide bonds. The molecule has 0 unspecified atom stereocenters. The highest BCUT2D eigenvalue weighted by molar-refractivity contribution is 5.94. The van der Waals surface area contributed by atoms with Gasteiger partial charge in [0.1, 0.15) is 11.4 Å². The van der Waals surface area contributed by atoms with Crippen LogP contribution in [0.4, 0.5) is 5.69 Å². The van der Waals surface area contributed by atoms with E-state index in [0.29, 0.717) is 23.4 Å². The number of non-ortho nitro benzene ring substituents is 1. The van der Waals surface area contributed by atoms with Crippen molar-refractivity contribution < 1.29 is 9.34 Å². The molecule has 0 saturated heterocycles. The Labute approximate surface area is 197 Å². The minimum Gasteiger partial charge on any atom is -0.420 e. The average molecular weight is 463 g/mol. The summed E-state index contributed by atoms with van der Waals surface area (Å²) in [5.41, 5.74) is 4.86. The third kappa shape index (κ3) is 3.74. The van der Waals surface area contributed by atoms with Gasteiger partial charge in [-0.2, -0.15) is 0 Å². The smallest absolute Gasteiger partial charge is 0.336 e. The summed E-state index contributed by atoms with van der Waals surface area (Å²) in [6.07, 6.45) is 2.31. The van der Waals surface area contributed by atoms with Gasteiger partial charge in [-0.15, -0.1) is 5.10 Å². The van der Waals surface area contributed by atoms with Crippen LogP contribution in [-0.4, -0.2) is 24.9 Å². The normalized spacial score (nSPS) is 11.3. The summed E-state index contributed by atoms with van der Waals surface area (Å²) in [5, 5.41) is 21.5. The number of nitro groups is 1. The highest BCUT2D eigenvalue weighted by atomic mass is 16.6. The summed E-state index contributed by atoms with van der Waals surface area (Å²) >= 11 is 0. The molecule has 0 atom stereocenters.